The number of amides is 2. The Morgan fingerprint density at radius 2 is 2.29 bits per heavy atom. The summed E-state index contributed by atoms with van der Waals surface area (Å²) in [7, 11) is 1.62. The maximum Gasteiger partial charge on any atom is 0.314 e. The van der Waals surface area contributed by atoms with Crippen LogP contribution in [0.3, 0.4) is 0 Å². The third-order valence-corrected chi connectivity index (χ3v) is 3.14. The van der Waals surface area contributed by atoms with E-state index in [9.17, 15) is 4.79 Å². The summed E-state index contributed by atoms with van der Waals surface area (Å²) in [5, 5.41) is 5.40. The van der Waals surface area contributed by atoms with Crippen LogP contribution in [0, 0.1) is 0 Å². The molecule has 1 atom stereocenters. The van der Waals surface area contributed by atoms with Gasteiger partial charge in [0.15, 0.2) is 0 Å². The Kier molecular flexibility index (Phi) is 4.03. The summed E-state index contributed by atoms with van der Waals surface area (Å²) >= 11 is 0. The molecule has 1 saturated heterocycles. The fourth-order valence-electron chi connectivity index (χ4n) is 2.22. The Hall–Kier alpha value is -1.49. The number of urea groups is 1. The lowest BCUT2D eigenvalue weighted by atomic mass is 10.2. The van der Waals surface area contributed by atoms with Crippen molar-refractivity contribution in [3.05, 3.63) is 24.2 Å². The van der Waals surface area contributed by atoms with E-state index in [0.717, 1.165) is 18.8 Å². The van der Waals surface area contributed by atoms with E-state index in [2.05, 4.69) is 15.5 Å². The number of rotatable bonds is 4. The summed E-state index contributed by atoms with van der Waals surface area (Å²) in [6, 6.07) is 3.85. The first-order valence-electron chi connectivity index (χ1n) is 6.04. The van der Waals surface area contributed by atoms with E-state index >= 15 is 0 Å². The molecule has 1 aromatic rings. The number of hydrogen-bond acceptors (Lipinski definition) is 3. The van der Waals surface area contributed by atoms with Crippen molar-refractivity contribution in [2.75, 3.05) is 26.7 Å². The van der Waals surface area contributed by atoms with Gasteiger partial charge in [0, 0.05) is 13.6 Å². The summed E-state index contributed by atoms with van der Waals surface area (Å²) in [5.41, 5.74) is 0. The Labute approximate surface area is 101 Å². The first-order chi connectivity index (χ1) is 8.31. The smallest absolute Gasteiger partial charge is 0.314 e. The van der Waals surface area contributed by atoms with Crippen LogP contribution in [0.2, 0.25) is 0 Å². The molecule has 0 aliphatic carbocycles. The number of carbonyl (C=O) groups is 1. The third kappa shape index (κ3) is 3.00. The molecule has 5 nitrogen and oxygen atoms in total. The zero-order valence-electron chi connectivity index (χ0n) is 10.1. The van der Waals surface area contributed by atoms with Crippen LogP contribution in [0.5, 0.6) is 0 Å². The Bertz CT molecular complexity index is 345. The number of hydrogen-bond donors (Lipinski definition) is 2. The van der Waals surface area contributed by atoms with Gasteiger partial charge in [0.25, 0.3) is 0 Å². The molecule has 1 fully saturated rings. The van der Waals surface area contributed by atoms with Crippen molar-refractivity contribution < 1.29 is 9.21 Å². The van der Waals surface area contributed by atoms with E-state index in [1.807, 2.05) is 12.1 Å². The van der Waals surface area contributed by atoms with Gasteiger partial charge >= 0.3 is 6.03 Å². The Balaban J connectivity index is 1.99. The van der Waals surface area contributed by atoms with Gasteiger partial charge in [-0.1, -0.05) is 0 Å². The highest BCUT2D eigenvalue weighted by molar-refractivity contribution is 5.73. The van der Waals surface area contributed by atoms with Crippen molar-refractivity contribution in [3.8, 4) is 0 Å². The van der Waals surface area contributed by atoms with Gasteiger partial charge in [-0.15, -0.1) is 0 Å². The zero-order chi connectivity index (χ0) is 12.1. The average molecular weight is 237 g/mol. The molecule has 94 valence electrons. The quantitative estimate of drug-likeness (QED) is 0.831. The molecular formula is C12H19N3O2. The first-order valence-corrected chi connectivity index (χ1v) is 6.04. The lowest BCUT2D eigenvalue weighted by Crippen LogP contribution is -2.40. The maximum atomic E-state index is 11.2. The molecule has 1 aromatic heterocycles. The molecule has 2 rings (SSSR count). The normalized spacial score (nSPS) is 17.9. The second-order valence-electron chi connectivity index (χ2n) is 4.23. The predicted octanol–water partition coefficient (Wildman–Crippen LogP) is 1.35. The third-order valence-electron chi connectivity index (χ3n) is 3.14. The number of likely N-dealkylation sites (tertiary alicyclic amines) is 1. The fraction of sp³-hybridized carbons (Fsp3) is 0.583. The van der Waals surface area contributed by atoms with Crippen LogP contribution in [-0.4, -0.2) is 37.6 Å². The van der Waals surface area contributed by atoms with Gasteiger partial charge in [0.05, 0.1) is 12.3 Å². The van der Waals surface area contributed by atoms with E-state index in [4.69, 9.17) is 4.42 Å². The summed E-state index contributed by atoms with van der Waals surface area (Å²) in [4.78, 5) is 13.6. The monoisotopic (exact) mass is 237 g/mol. The minimum Gasteiger partial charge on any atom is -0.468 e. The minimum absolute atomic E-state index is 0.143. The molecule has 5 heteroatoms. The van der Waals surface area contributed by atoms with Gasteiger partial charge in [-0.3, -0.25) is 4.90 Å². The van der Waals surface area contributed by atoms with Crippen molar-refractivity contribution in [2.24, 2.45) is 0 Å². The Morgan fingerprint density at radius 3 is 2.88 bits per heavy atom. The molecule has 0 spiro atoms. The number of carbonyl (C=O) groups excluding carboxylic acids is 1. The average Bonchev–Trinajstić information content (AvgIpc) is 3.01. The second-order valence-corrected chi connectivity index (χ2v) is 4.23. The second kappa shape index (κ2) is 5.72. The molecule has 1 aliphatic heterocycles. The molecule has 2 heterocycles. The highest BCUT2D eigenvalue weighted by Crippen LogP contribution is 2.24. The predicted molar refractivity (Wildman–Crippen MR) is 64.7 cm³/mol. The molecule has 0 aromatic carbocycles. The standard InChI is InChI=1S/C12H19N3O2/c1-13-12(16)14-9-10(11-5-4-8-17-11)15-6-2-3-7-15/h4-5,8,10H,2-3,6-7,9H2,1H3,(H2,13,14,16)/t10-/m1/s1. The summed E-state index contributed by atoms with van der Waals surface area (Å²) in [5.74, 6) is 0.920. The van der Waals surface area contributed by atoms with Gasteiger partial charge < -0.3 is 15.1 Å². The molecule has 2 amide bonds. The van der Waals surface area contributed by atoms with Crippen molar-refractivity contribution in [2.45, 2.75) is 18.9 Å². The molecule has 2 N–H and O–H groups in total. The lowest BCUT2D eigenvalue weighted by Gasteiger charge is -2.25. The van der Waals surface area contributed by atoms with Gasteiger partial charge in [-0.05, 0) is 38.1 Å². The largest absolute Gasteiger partial charge is 0.468 e. The van der Waals surface area contributed by atoms with E-state index in [1.54, 1.807) is 13.3 Å². The van der Waals surface area contributed by atoms with Crippen molar-refractivity contribution in [3.63, 3.8) is 0 Å². The molecule has 1 aliphatic rings. The van der Waals surface area contributed by atoms with Crippen LogP contribution in [-0.2, 0) is 0 Å². The van der Waals surface area contributed by atoms with Crippen LogP contribution in [0.15, 0.2) is 22.8 Å². The van der Waals surface area contributed by atoms with E-state index in [0.29, 0.717) is 6.54 Å². The summed E-state index contributed by atoms with van der Waals surface area (Å²) < 4.78 is 5.46. The van der Waals surface area contributed by atoms with Crippen LogP contribution in [0.25, 0.3) is 0 Å². The van der Waals surface area contributed by atoms with Crippen molar-refractivity contribution >= 4 is 6.03 Å². The van der Waals surface area contributed by atoms with E-state index in [-0.39, 0.29) is 12.1 Å². The van der Waals surface area contributed by atoms with Crippen molar-refractivity contribution in [1.82, 2.24) is 15.5 Å². The van der Waals surface area contributed by atoms with Crippen molar-refractivity contribution in [1.29, 1.82) is 0 Å². The van der Waals surface area contributed by atoms with Gasteiger partial charge in [-0.2, -0.15) is 0 Å². The fourth-order valence-corrected chi connectivity index (χ4v) is 2.22. The van der Waals surface area contributed by atoms with E-state index < -0.39 is 0 Å². The first kappa shape index (κ1) is 12.0. The van der Waals surface area contributed by atoms with E-state index in [1.165, 1.54) is 12.8 Å². The highest BCUT2D eigenvalue weighted by atomic mass is 16.3. The van der Waals surface area contributed by atoms with Gasteiger partial charge in [-0.25, -0.2) is 4.79 Å². The molecule has 0 saturated carbocycles. The zero-order valence-corrected chi connectivity index (χ0v) is 10.1. The van der Waals surface area contributed by atoms with Crippen LogP contribution < -0.4 is 10.6 Å². The number of furan rings is 1. The van der Waals surface area contributed by atoms with Crippen LogP contribution in [0.4, 0.5) is 4.79 Å². The van der Waals surface area contributed by atoms with Crippen LogP contribution >= 0.6 is 0 Å². The molecule has 17 heavy (non-hydrogen) atoms. The molecule has 0 bridgehead atoms. The molecule has 0 radical (unpaired) electrons. The highest BCUT2D eigenvalue weighted by Gasteiger charge is 2.25. The topological polar surface area (TPSA) is 57.5 Å². The molecule has 0 unspecified atom stereocenters. The summed E-state index contributed by atoms with van der Waals surface area (Å²) in [6.07, 6.45) is 4.12. The summed E-state index contributed by atoms with van der Waals surface area (Å²) in [6.45, 7) is 2.72. The Morgan fingerprint density at radius 1 is 1.53 bits per heavy atom. The van der Waals surface area contributed by atoms with Gasteiger partial charge in [0.1, 0.15) is 5.76 Å². The maximum absolute atomic E-state index is 11.2. The SMILES string of the molecule is CNC(=O)NC[C@H](c1ccco1)N1CCCC1. The number of nitrogens with one attached hydrogen (secondary N) is 2. The molecular weight excluding hydrogens is 218 g/mol. The lowest BCUT2D eigenvalue weighted by molar-refractivity contribution is 0.204. The number of nitrogens with zero attached hydrogens (tertiary/aromatic N) is 1. The minimum atomic E-state index is -0.152. The van der Waals surface area contributed by atoms with Gasteiger partial charge in [0.2, 0.25) is 0 Å². The van der Waals surface area contributed by atoms with Crippen LogP contribution in [0.1, 0.15) is 24.6 Å².